The van der Waals surface area contributed by atoms with Gasteiger partial charge in [0, 0.05) is 20.9 Å². The Labute approximate surface area is 223 Å². The van der Waals surface area contributed by atoms with Gasteiger partial charge < -0.3 is 18.9 Å². The van der Waals surface area contributed by atoms with Crippen molar-refractivity contribution in [1.82, 2.24) is 9.66 Å². The fourth-order valence-electron chi connectivity index (χ4n) is 3.78. The number of halogens is 2. The molecule has 1 aromatic heterocycles. The summed E-state index contributed by atoms with van der Waals surface area (Å²) in [6, 6.07) is 14.7. The molecule has 0 saturated carbocycles. The molecule has 0 N–H and O–H groups in total. The molecule has 0 unspecified atom stereocenters. The lowest BCUT2D eigenvalue weighted by Gasteiger charge is -2.13. The van der Waals surface area contributed by atoms with Gasteiger partial charge in [-0.15, -0.1) is 0 Å². The zero-order chi connectivity index (χ0) is 25.2. The third kappa shape index (κ3) is 4.83. The Morgan fingerprint density at radius 2 is 1.92 bits per heavy atom. The standard InChI is InChI=1S/C26H21Br2N3O5/c1-3-25-30-20-6-5-17(27)10-18(20)26(32)31(25)29-12-16-9-22(33-2)24(11-19(16)28)34-13-15-4-7-21-23(8-15)36-14-35-21/h4-12H,3,13-14H2,1-2H3. The van der Waals surface area contributed by atoms with Gasteiger partial charge in [-0.25, -0.2) is 4.98 Å². The molecule has 8 nitrogen and oxygen atoms in total. The van der Waals surface area contributed by atoms with E-state index in [0.29, 0.717) is 52.6 Å². The number of aromatic nitrogens is 2. The molecule has 3 aromatic carbocycles. The molecule has 0 bridgehead atoms. The predicted octanol–water partition coefficient (Wildman–Crippen LogP) is 5.68. The molecule has 0 saturated heterocycles. The van der Waals surface area contributed by atoms with Gasteiger partial charge in [-0.3, -0.25) is 4.79 Å². The number of hydrogen-bond acceptors (Lipinski definition) is 7. The van der Waals surface area contributed by atoms with Crippen LogP contribution in [0.2, 0.25) is 0 Å². The SMILES string of the molecule is CCc1nc2ccc(Br)cc2c(=O)n1N=Cc1cc(OC)c(OCc2ccc3c(c2)OCO3)cc1Br. The minimum absolute atomic E-state index is 0.224. The third-order valence-corrected chi connectivity index (χ3v) is 6.80. The van der Waals surface area contributed by atoms with Crippen molar-refractivity contribution in [3.05, 3.63) is 84.8 Å². The summed E-state index contributed by atoms with van der Waals surface area (Å²) in [6.45, 7) is 2.48. The highest BCUT2D eigenvalue weighted by Gasteiger charge is 2.15. The highest BCUT2D eigenvalue weighted by atomic mass is 79.9. The van der Waals surface area contributed by atoms with Crippen LogP contribution in [0, 0.1) is 0 Å². The number of aryl methyl sites for hydroxylation is 1. The van der Waals surface area contributed by atoms with Crippen LogP contribution in [-0.2, 0) is 13.0 Å². The first-order chi connectivity index (χ1) is 17.5. The molecule has 2 heterocycles. The normalized spacial score (nSPS) is 12.4. The molecule has 184 valence electrons. The van der Waals surface area contributed by atoms with Gasteiger partial charge in [-0.1, -0.05) is 28.9 Å². The molecule has 10 heteroatoms. The van der Waals surface area contributed by atoms with Crippen LogP contribution in [0.25, 0.3) is 10.9 Å². The molecule has 0 atom stereocenters. The van der Waals surface area contributed by atoms with Crippen molar-refractivity contribution in [2.75, 3.05) is 13.9 Å². The minimum atomic E-state index is -0.235. The van der Waals surface area contributed by atoms with Gasteiger partial charge >= 0.3 is 0 Å². The minimum Gasteiger partial charge on any atom is -0.493 e. The zero-order valence-electron chi connectivity index (χ0n) is 19.5. The molecule has 1 aliphatic heterocycles. The van der Waals surface area contributed by atoms with Gasteiger partial charge in [0.1, 0.15) is 12.4 Å². The molecule has 4 aromatic rings. The summed E-state index contributed by atoms with van der Waals surface area (Å²) >= 11 is 7.00. The third-order valence-electron chi connectivity index (χ3n) is 5.62. The summed E-state index contributed by atoms with van der Waals surface area (Å²) in [7, 11) is 1.57. The largest absolute Gasteiger partial charge is 0.493 e. The van der Waals surface area contributed by atoms with Gasteiger partial charge in [0.25, 0.3) is 5.56 Å². The van der Waals surface area contributed by atoms with E-state index in [4.69, 9.17) is 18.9 Å². The first kappa shape index (κ1) is 24.3. The summed E-state index contributed by atoms with van der Waals surface area (Å²) in [4.78, 5) is 17.8. The summed E-state index contributed by atoms with van der Waals surface area (Å²) in [5, 5.41) is 4.96. The van der Waals surface area contributed by atoms with Crippen LogP contribution in [0.1, 0.15) is 23.9 Å². The zero-order valence-corrected chi connectivity index (χ0v) is 22.6. The van der Waals surface area contributed by atoms with E-state index in [1.807, 2.05) is 43.3 Å². The van der Waals surface area contributed by atoms with Gasteiger partial charge in [0.2, 0.25) is 6.79 Å². The molecule has 0 aliphatic carbocycles. The lowest BCUT2D eigenvalue weighted by atomic mass is 10.2. The van der Waals surface area contributed by atoms with Crippen molar-refractivity contribution in [2.24, 2.45) is 5.10 Å². The fraction of sp³-hybridized carbons (Fsp3) is 0.192. The number of benzene rings is 3. The van der Waals surface area contributed by atoms with E-state index >= 15 is 0 Å². The second-order valence-corrected chi connectivity index (χ2v) is 9.68. The van der Waals surface area contributed by atoms with Gasteiger partial charge in [0.05, 0.1) is 24.2 Å². The molecular formula is C26H21Br2N3O5. The van der Waals surface area contributed by atoms with Crippen molar-refractivity contribution in [2.45, 2.75) is 20.0 Å². The van der Waals surface area contributed by atoms with Crippen LogP contribution in [0.15, 0.2) is 67.4 Å². The smallest absolute Gasteiger partial charge is 0.282 e. The second-order valence-electron chi connectivity index (χ2n) is 7.91. The van der Waals surface area contributed by atoms with Crippen molar-refractivity contribution in [3.63, 3.8) is 0 Å². The highest BCUT2D eigenvalue weighted by molar-refractivity contribution is 9.10. The molecule has 0 amide bonds. The number of hydrogen-bond donors (Lipinski definition) is 0. The maximum atomic E-state index is 13.1. The summed E-state index contributed by atoms with van der Waals surface area (Å²) in [5.41, 5.74) is 2.05. The van der Waals surface area contributed by atoms with E-state index in [1.165, 1.54) is 4.68 Å². The first-order valence-corrected chi connectivity index (χ1v) is 12.7. The summed E-state index contributed by atoms with van der Waals surface area (Å²) < 4.78 is 25.2. The van der Waals surface area contributed by atoms with E-state index < -0.39 is 0 Å². The second kappa shape index (κ2) is 10.3. The average molecular weight is 615 g/mol. The van der Waals surface area contributed by atoms with E-state index in [9.17, 15) is 4.79 Å². The lowest BCUT2D eigenvalue weighted by Crippen LogP contribution is -2.22. The Hall–Kier alpha value is -3.37. The molecule has 0 radical (unpaired) electrons. The van der Waals surface area contributed by atoms with E-state index in [-0.39, 0.29) is 12.4 Å². The number of nitrogens with zero attached hydrogens (tertiary/aromatic N) is 3. The number of methoxy groups -OCH3 is 1. The lowest BCUT2D eigenvalue weighted by molar-refractivity contribution is 0.174. The average Bonchev–Trinajstić information content (AvgIpc) is 3.36. The van der Waals surface area contributed by atoms with Gasteiger partial charge in [0.15, 0.2) is 23.0 Å². The molecule has 36 heavy (non-hydrogen) atoms. The topological polar surface area (TPSA) is 84.2 Å². The molecule has 0 fully saturated rings. The number of fused-ring (bicyclic) bond motifs is 2. The van der Waals surface area contributed by atoms with Crippen LogP contribution < -0.4 is 24.5 Å². The van der Waals surface area contributed by atoms with Crippen molar-refractivity contribution in [3.8, 4) is 23.0 Å². The van der Waals surface area contributed by atoms with Crippen LogP contribution in [0.3, 0.4) is 0 Å². The molecule has 5 rings (SSSR count). The van der Waals surface area contributed by atoms with E-state index in [2.05, 4.69) is 41.9 Å². The Kier molecular flexibility index (Phi) is 6.97. The number of rotatable bonds is 7. The maximum absolute atomic E-state index is 13.1. The summed E-state index contributed by atoms with van der Waals surface area (Å²) in [6.07, 6.45) is 2.15. The number of ether oxygens (including phenoxy) is 4. The highest BCUT2D eigenvalue weighted by Crippen LogP contribution is 2.35. The molecular weight excluding hydrogens is 594 g/mol. The van der Waals surface area contributed by atoms with Crippen molar-refractivity contribution in [1.29, 1.82) is 0 Å². The monoisotopic (exact) mass is 613 g/mol. The first-order valence-electron chi connectivity index (χ1n) is 11.1. The van der Waals surface area contributed by atoms with Gasteiger partial charge in [-0.05, 0) is 64.0 Å². The van der Waals surface area contributed by atoms with Crippen LogP contribution in [-0.4, -0.2) is 29.8 Å². The quantitative estimate of drug-likeness (QED) is 0.249. The Balaban J connectivity index is 1.42. The summed E-state index contributed by atoms with van der Waals surface area (Å²) in [5.74, 6) is 3.08. The molecule has 0 spiro atoms. The van der Waals surface area contributed by atoms with Crippen molar-refractivity contribution >= 4 is 49.0 Å². The maximum Gasteiger partial charge on any atom is 0.282 e. The fourth-order valence-corrected chi connectivity index (χ4v) is 4.56. The Bertz CT molecular complexity index is 1550. The van der Waals surface area contributed by atoms with Crippen LogP contribution in [0.5, 0.6) is 23.0 Å². The Morgan fingerprint density at radius 1 is 1.08 bits per heavy atom. The Morgan fingerprint density at radius 3 is 2.72 bits per heavy atom. The molecule has 1 aliphatic rings. The predicted molar refractivity (Wildman–Crippen MR) is 144 cm³/mol. The van der Waals surface area contributed by atoms with Crippen molar-refractivity contribution < 1.29 is 18.9 Å². The van der Waals surface area contributed by atoms with Crippen LogP contribution in [0.4, 0.5) is 0 Å². The van der Waals surface area contributed by atoms with E-state index in [0.717, 1.165) is 20.3 Å². The van der Waals surface area contributed by atoms with Crippen LogP contribution >= 0.6 is 31.9 Å². The van der Waals surface area contributed by atoms with E-state index in [1.54, 1.807) is 25.5 Å². The van der Waals surface area contributed by atoms with Gasteiger partial charge in [-0.2, -0.15) is 9.78 Å².